The van der Waals surface area contributed by atoms with Gasteiger partial charge in [-0.3, -0.25) is 0 Å². The summed E-state index contributed by atoms with van der Waals surface area (Å²) >= 11 is 0. The Bertz CT molecular complexity index is 2940. The number of nitrogens with zero attached hydrogens (tertiary/aromatic N) is 1. The highest BCUT2D eigenvalue weighted by atomic mass is 16.3. The smallest absolute Gasteiger partial charge is 0.137 e. The van der Waals surface area contributed by atoms with Crippen molar-refractivity contribution in [2.75, 3.05) is 0 Å². The molecule has 49 heavy (non-hydrogen) atoms. The fourth-order valence-electron chi connectivity index (χ4n) is 8.47. The highest BCUT2D eigenvalue weighted by molar-refractivity contribution is 6.24. The Hall–Kier alpha value is -6.38. The summed E-state index contributed by atoms with van der Waals surface area (Å²) in [7, 11) is 0. The van der Waals surface area contributed by atoms with E-state index in [9.17, 15) is 0 Å². The first kappa shape index (κ1) is 26.7. The zero-order valence-corrected chi connectivity index (χ0v) is 26.6. The van der Waals surface area contributed by atoms with Gasteiger partial charge in [-0.2, -0.15) is 0 Å². The van der Waals surface area contributed by atoms with E-state index in [0.717, 1.165) is 27.6 Å². The molecule has 0 amide bonds. The van der Waals surface area contributed by atoms with Crippen molar-refractivity contribution in [3.05, 3.63) is 187 Å². The highest BCUT2D eigenvalue weighted by Crippen LogP contribution is 2.50. The van der Waals surface area contributed by atoms with E-state index in [1.807, 2.05) is 6.07 Å². The second-order valence-electron chi connectivity index (χ2n) is 13.3. The van der Waals surface area contributed by atoms with Gasteiger partial charge in [-0.05, 0) is 98.2 Å². The van der Waals surface area contributed by atoms with E-state index in [1.54, 1.807) is 0 Å². The fourth-order valence-corrected chi connectivity index (χ4v) is 8.47. The number of aromatic nitrogens is 1. The minimum atomic E-state index is 0.211. The SMILES string of the molecule is c1ccc(-n2c3ccc(-c4ccc5c(c4)-c4ccccc4C5c4ccc5ccccc5c4)cc3c3ccc4oc5ccccc5c4c32)cc1. The van der Waals surface area contributed by atoms with Crippen LogP contribution in [0, 0.1) is 0 Å². The Labute approximate surface area is 283 Å². The van der Waals surface area contributed by atoms with Crippen LogP contribution >= 0.6 is 0 Å². The molecule has 11 rings (SSSR count). The predicted octanol–water partition coefficient (Wildman–Crippen LogP) is 12.7. The van der Waals surface area contributed by atoms with Crippen molar-refractivity contribution in [3.8, 4) is 27.9 Å². The molecule has 1 unspecified atom stereocenters. The van der Waals surface area contributed by atoms with Crippen LogP contribution in [-0.4, -0.2) is 4.57 Å². The first-order chi connectivity index (χ1) is 24.3. The van der Waals surface area contributed by atoms with E-state index in [1.165, 1.54) is 71.5 Å². The maximum Gasteiger partial charge on any atom is 0.137 e. The lowest BCUT2D eigenvalue weighted by Gasteiger charge is -2.16. The summed E-state index contributed by atoms with van der Waals surface area (Å²) in [4.78, 5) is 0. The lowest BCUT2D eigenvalue weighted by molar-refractivity contribution is 0.669. The summed E-state index contributed by atoms with van der Waals surface area (Å²) in [6, 6.07) is 62.0. The molecule has 2 heteroatoms. The molecule has 0 saturated carbocycles. The average molecular weight is 624 g/mol. The van der Waals surface area contributed by atoms with Crippen LogP contribution in [0.2, 0.25) is 0 Å². The monoisotopic (exact) mass is 623 g/mol. The van der Waals surface area contributed by atoms with Crippen molar-refractivity contribution < 1.29 is 4.42 Å². The molecule has 0 aliphatic heterocycles. The van der Waals surface area contributed by atoms with Crippen LogP contribution in [0.1, 0.15) is 22.6 Å². The summed E-state index contributed by atoms with van der Waals surface area (Å²) < 4.78 is 8.77. The number of benzene rings is 8. The largest absolute Gasteiger partial charge is 0.456 e. The molecule has 0 N–H and O–H groups in total. The third-order valence-corrected chi connectivity index (χ3v) is 10.6. The Kier molecular flexibility index (Phi) is 5.47. The maximum absolute atomic E-state index is 6.36. The van der Waals surface area contributed by atoms with Crippen LogP contribution in [-0.2, 0) is 0 Å². The van der Waals surface area contributed by atoms with Crippen molar-refractivity contribution in [1.29, 1.82) is 0 Å². The Morgan fingerprint density at radius 3 is 2.14 bits per heavy atom. The van der Waals surface area contributed by atoms with Crippen LogP contribution in [0.15, 0.2) is 174 Å². The molecular formula is C47H29NO. The molecule has 1 aliphatic carbocycles. The van der Waals surface area contributed by atoms with E-state index in [2.05, 4.69) is 168 Å². The van der Waals surface area contributed by atoms with Crippen molar-refractivity contribution in [2.24, 2.45) is 0 Å². The second-order valence-corrected chi connectivity index (χ2v) is 13.3. The van der Waals surface area contributed by atoms with Gasteiger partial charge in [0.2, 0.25) is 0 Å². The number of hydrogen-bond acceptors (Lipinski definition) is 1. The Balaban J connectivity index is 1.12. The van der Waals surface area contributed by atoms with Gasteiger partial charge < -0.3 is 8.98 Å². The Morgan fingerprint density at radius 1 is 0.449 bits per heavy atom. The van der Waals surface area contributed by atoms with Gasteiger partial charge in [0, 0.05) is 27.8 Å². The molecule has 1 atom stereocenters. The van der Waals surface area contributed by atoms with Crippen molar-refractivity contribution in [2.45, 2.75) is 5.92 Å². The molecule has 1 aliphatic rings. The molecule has 0 saturated heterocycles. The molecule has 0 radical (unpaired) electrons. The summed E-state index contributed by atoms with van der Waals surface area (Å²) in [5, 5.41) is 7.32. The number of fused-ring (bicyclic) bond motifs is 11. The van der Waals surface area contributed by atoms with Crippen molar-refractivity contribution in [1.82, 2.24) is 4.57 Å². The van der Waals surface area contributed by atoms with Crippen LogP contribution in [0.4, 0.5) is 0 Å². The normalized spacial score (nSPS) is 13.9. The standard InChI is InChI=1S/C47H29NO/c1-2-12-34(13-3-1)48-42-24-21-32(28-41(42)38-23-25-44-46(47(38)48)39-16-8-9-17-43(39)49-44)31-20-22-37-40(27-31)35-14-6-7-15-36(35)45(37)33-19-18-29-10-4-5-11-30(29)26-33/h1-28,45H. The topological polar surface area (TPSA) is 18.1 Å². The molecule has 2 heterocycles. The lowest BCUT2D eigenvalue weighted by Crippen LogP contribution is -1.99. The van der Waals surface area contributed by atoms with E-state index in [4.69, 9.17) is 4.42 Å². The zero-order valence-electron chi connectivity index (χ0n) is 26.6. The van der Waals surface area contributed by atoms with Crippen LogP contribution in [0.3, 0.4) is 0 Å². The molecule has 0 fully saturated rings. The van der Waals surface area contributed by atoms with Gasteiger partial charge in [-0.25, -0.2) is 0 Å². The van der Waals surface area contributed by atoms with E-state index in [0.29, 0.717) is 0 Å². The molecule has 2 aromatic heterocycles. The van der Waals surface area contributed by atoms with Gasteiger partial charge >= 0.3 is 0 Å². The Morgan fingerprint density at radius 2 is 1.20 bits per heavy atom. The molecule has 0 spiro atoms. The minimum Gasteiger partial charge on any atom is -0.456 e. The molecule has 8 aromatic carbocycles. The van der Waals surface area contributed by atoms with E-state index >= 15 is 0 Å². The van der Waals surface area contributed by atoms with E-state index in [-0.39, 0.29) is 5.92 Å². The third-order valence-electron chi connectivity index (χ3n) is 10.6. The maximum atomic E-state index is 6.36. The number of rotatable bonds is 3. The van der Waals surface area contributed by atoms with Crippen LogP contribution in [0.5, 0.6) is 0 Å². The summed E-state index contributed by atoms with van der Waals surface area (Å²) in [5.74, 6) is 0.211. The summed E-state index contributed by atoms with van der Waals surface area (Å²) in [6.07, 6.45) is 0. The first-order valence-corrected chi connectivity index (χ1v) is 17.0. The fraction of sp³-hybridized carbons (Fsp3) is 0.0213. The van der Waals surface area contributed by atoms with Gasteiger partial charge in [0.1, 0.15) is 11.2 Å². The summed E-state index contributed by atoms with van der Waals surface area (Å²) in [5.41, 5.74) is 14.5. The molecule has 2 nitrogen and oxygen atoms in total. The number of para-hydroxylation sites is 2. The van der Waals surface area contributed by atoms with Crippen molar-refractivity contribution >= 4 is 54.5 Å². The molecule has 10 aromatic rings. The predicted molar refractivity (Wildman–Crippen MR) is 204 cm³/mol. The third kappa shape index (κ3) is 3.83. The molecule has 228 valence electrons. The van der Waals surface area contributed by atoms with Gasteiger partial charge in [0.15, 0.2) is 0 Å². The quantitative estimate of drug-likeness (QED) is 0.191. The molecule has 0 bridgehead atoms. The van der Waals surface area contributed by atoms with Crippen molar-refractivity contribution in [3.63, 3.8) is 0 Å². The lowest BCUT2D eigenvalue weighted by atomic mass is 9.87. The van der Waals surface area contributed by atoms with Crippen LogP contribution < -0.4 is 0 Å². The van der Waals surface area contributed by atoms with Gasteiger partial charge in [-0.15, -0.1) is 0 Å². The van der Waals surface area contributed by atoms with E-state index < -0.39 is 0 Å². The number of hydrogen-bond donors (Lipinski definition) is 0. The average Bonchev–Trinajstić information content (AvgIpc) is 3.82. The van der Waals surface area contributed by atoms with Gasteiger partial charge in [0.05, 0.1) is 16.4 Å². The molecular weight excluding hydrogens is 595 g/mol. The highest BCUT2D eigenvalue weighted by Gasteiger charge is 2.30. The number of furan rings is 1. The van der Waals surface area contributed by atoms with Gasteiger partial charge in [-0.1, -0.05) is 121 Å². The zero-order chi connectivity index (χ0) is 32.1. The second kappa shape index (κ2) is 10.1. The van der Waals surface area contributed by atoms with Crippen LogP contribution in [0.25, 0.3) is 82.5 Å². The van der Waals surface area contributed by atoms with Gasteiger partial charge in [0.25, 0.3) is 0 Å². The first-order valence-electron chi connectivity index (χ1n) is 17.0. The minimum absolute atomic E-state index is 0.211. The summed E-state index contributed by atoms with van der Waals surface area (Å²) in [6.45, 7) is 0.